The Hall–Kier alpha value is -3.54. The van der Waals surface area contributed by atoms with Crippen LogP contribution in [0, 0.1) is 63.2 Å². The van der Waals surface area contributed by atoms with Gasteiger partial charge in [-0.2, -0.15) is 0 Å². The molecule has 1 saturated carbocycles. The number of carbonyl (C=O) groups is 4. The molecular formula is C28H26N2O4. The van der Waals surface area contributed by atoms with Gasteiger partial charge >= 0.3 is 0 Å². The largest absolute Gasteiger partial charge is 0.274 e. The molecule has 0 unspecified atom stereocenters. The van der Waals surface area contributed by atoms with E-state index in [0.29, 0.717) is 11.4 Å². The molecule has 0 N–H and O–H groups in total. The van der Waals surface area contributed by atoms with Crippen LogP contribution in [0.15, 0.2) is 48.6 Å². The predicted octanol–water partition coefficient (Wildman–Crippen LogP) is 3.65. The van der Waals surface area contributed by atoms with Gasteiger partial charge in [-0.15, -0.1) is 0 Å². The molecule has 2 bridgehead atoms. The monoisotopic (exact) mass is 454 g/mol. The molecule has 34 heavy (non-hydrogen) atoms. The molecule has 6 nitrogen and oxygen atoms in total. The summed E-state index contributed by atoms with van der Waals surface area (Å²) in [5, 5.41) is 0. The van der Waals surface area contributed by atoms with Gasteiger partial charge in [0.05, 0.1) is 35.0 Å². The number of imide groups is 2. The lowest BCUT2D eigenvalue weighted by Gasteiger charge is -2.44. The molecule has 0 aromatic heterocycles. The second kappa shape index (κ2) is 6.98. The number of allylic oxidation sites excluding steroid dienone is 2. The van der Waals surface area contributed by atoms with Gasteiger partial charge < -0.3 is 0 Å². The first-order valence-corrected chi connectivity index (χ1v) is 11.8. The molecule has 4 amide bonds. The predicted molar refractivity (Wildman–Crippen MR) is 127 cm³/mol. The Balaban J connectivity index is 1.39. The third-order valence-electron chi connectivity index (χ3n) is 8.51. The molecule has 7 rings (SSSR count). The zero-order valence-electron chi connectivity index (χ0n) is 19.6. The second-order valence-corrected chi connectivity index (χ2v) is 10.2. The van der Waals surface area contributed by atoms with Crippen molar-refractivity contribution in [1.82, 2.24) is 0 Å². The molecule has 0 radical (unpaired) electrons. The third kappa shape index (κ3) is 2.57. The molecule has 172 valence electrons. The molecule has 0 spiro atoms. The van der Waals surface area contributed by atoms with Crippen molar-refractivity contribution in [1.29, 1.82) is 0 Å². The van der Waals surface area contributed by atoms with E-state index in [1.807, 2.05) is 64.1 Å². The first-order chi connectivity index (χ1) is 16.2. The minimum Gasteiger partial charge on any atom is -0.274 e. The number of anilines is 2. The number of benzene rings is 2. The van der Waals surface area contributed by atoms with Crippen molar-refractivity contribution in [2.45, 2.75) is 27.7 Å². The topological polar surface area (TPSA) is 74.8 Å². The van der Waals surface area contributed by atoms with Crippen LogP contribution in [0.5, 0.6) is 0 Å². The summed E-state index contributed by atoms with van der Waals surface area (Å²) in [6.07, 6.45) is 3.80. The van der Waals surface area contributed by atoms with Gasteiger partial charge in [0.1, 0.15) is 0 Å². The summed E-state index contributed by atoms with van der Waals surface area (Å²) < 4.78 is 0. The molecule has 4 atom stereocenters. The van der Waals surface area contributed by atoms with Crippen molar-refractivity contribution in [3.8, 4) is 0 Å². The van der Waals surface area contributed by atoms with Gasteiger partial charge in [-0.05, 0) is 74.2 Å². The lowest BCUT2D eigenvalue weighted by atomic mass is 9.54. The smallest absolute Gasteiger partial charge is 0.238 e. The molecule has 2 saturated heterocycles. The Morgan fingerprint density at radius 1 is 0.500 bits per heavy atom. The first kappa shape index (κ1) is 21.0. The summed E-state index contributed by atoms with van der Waals surface area (Å²) in [5.41, 5.74) is 5.29. The molecule has 3 fully saturated rings. The lowest BCUT2D eigenvalue weighted by Crippen LogP contribution is -2.50. The Morgan fingerprint density at radius 3 is 1.12 bits per heavy atom. The molecule has 5 aliphatic rings. The van der Waals surface area contributed by atoms with E-state index in [-0.39, 0.29) is 23.6 Å². The first-order valence-electron chi connectivity index (χ1n) is 11.8. The minimum atomic E-state index is -0.609. The highest BCUT2D eigenvalue weighted by molar-refractivity contribution is 6.26. The van der Waals surface area contributed by atoms with Crippen molar-refractivity contribution < 1.29 is 19.2 Å². The highest BCUT2D eigenvalue weighted by atomic mass is 16.2. The summed E-state index contributed by atoms with van der Waals surface area (Å²) in [6.45, 7) is 7.86. The van der Waals surface area contributed by atoms with E-state index in [2.05, 4.69) is 0 Å². The van der Waals surface area contributed by atoms with E-state index in [9.17, 15) is 19.2 Å². The SMILES string of the molecule is Cc1ccc(N2C(=O)[C@@H]3C4C=CC([C@H]3C2=O)[C@H]2C(=O)N(c3ccc(C)c(C)c3)C(=O)[C@H]42)cc1C. The highest BCUT2D eigenvalue weighted by Crippen LogP contribution is 2.58. The van der Waals surface area contributed by atoms with Crippen molar-refractivity contribution in [2.24, 2.45) is 35.5 Å². The summed E-state index contributed by atoms with van der Waals surface area (Å²) in [5.74, 6) is -4.40. The fourth-order valence-electron chi connectivity index (χ4n) is 6.46. The summed E-state index contributed by atoms with van der Waals surface area (Å²) >= 11 is 0. The molecule has 3 aliphatic carbocycles. The number of nitrogens with zero attached hydrogens (tertiary/aromatic N) is 2. The fraction of sp³-hybridized carbons (Fsp3) is 0.357. The zero-order valence-corrected chi connectivity index (χ0v) is 19.6. The maximum atomic E-state index is 13.6. The maximum absolute atomic E-state index is 13.6. The van der Waals surface area contributed by atoms with Gasteiger partial charge in [0, 0.05) is 11.8 Å². The van der Waals surface area contributed by atoms with Crippen LogP contribution in [-0.4, -0.2) is 23.6 Å². The maximum Gasteiger partial charge on any atom is 0.238 e. The molecule has 6 heteroatoms. The molecule has 2 aromatic carbocycles. The van der Waals surface area contributed by atoms with Gasteiger partial charge in [-0.1, -0.05) is 24.3 Å². The number of aryl methyl sites for hydroxylation is 4. The number of amides is 4. The Labute approximate surface area is 198 Å². The fourth-order valence-corrected chi connectivity index (χ4v) is 6.46. The van der Waals surface area contributed by atoms with Crippen molar-refractivity contribution in [3.05, 3.63) is 70.8 Å². The van der Waals surface area contributed by atoms with Crippen LogP contribution in [-0.2, 0) is 19.2 Å². The van der Waals surface area contributed by atoms with Crippen molar-refractivity contribution in [3.63, 3.8) is 0 Å². The number of hydrogen-bond acceptors (Lipinski definition) is 4. The van der Waals surface area contributed by atoms with Gasteiger partial charge in [0.15, 0.2) is 0 Å². The highest BCUT2D eigenvalue weighted by Gasteiger charge is 2.68. The quantitative estimate of drug-likeness (QED) is 0.513. The number of rotatable bonds is 2. The summed E-state index contributed by atoms with van der Waals surface area (Å²) in [7, 11) is 0. The molecule has 2 aliphatic heterocycles. The Morgan fingerprint density at radius 2 is 0.824 bits per heavy atom. The van der Waals surface area contributed by atoms with Gasteiger partial charge in [-0.3, -0.25) is 29.0 Å². The van der Waals surface area contributed by atoms with Crippen LogP contribution in [0.4, 0.5) is 11.4 Å². The van der Waals surface area contributed by atoms with Gasteiger partial charge in [-0.25, -0.2) is 0 Å². The lowest BCUT2D eigenvalue weighted by molar-refractivity contribution is -0.137. The number of carbonyl (C=O) groups excluding carboxylic acids is 4. The average molecular weight is 455 g/mol. The van der Waals surface area contributed by atoms with Crippen LogP contribution < -0.4 is 9.80 Å². The van der Waals surface area contributed by atoms with Crippen LogP contribution in [0.25, 0.3) is 0 Å². The summed E-state index contributed by atoms with van der Waals surface area (Å²) in [6, 6.07) is 11.1. The van der Waals surface area contributed by atoms with Crippen molar-refractivity contribution in [2.75, 3.05) is 9.80 Å². The van der Waals surface area contributed by atoms with E-state index in [1.54, 1.807) is 12.1 Å². The molecular weight excluding hydrogens is 428 g/mol. The summed E-state index contributed by atoms with van der Waals surface area (Å²) in [4.78, 5) is 57.0. The average Bonchev–Trinajstić information content (AvgIpc) is 3.25. The third-order valence-corrected chi connectivity index (χ3v) is 8.51. The van der Waals surface area contributed by atoms with E-state index in [4.69, 9.17) is 0 Å². The zero-order chi connectivity index (χ0) is 24.0. The second-order valence-electron chi connectivity index (χ2n) is 10.2. The molecule has 2 heterocycles. The van der Waals surface area contributed by atoms with E-state index in [0.717, 1.165) is 22.3 Å². The minimum absolute atomic E-state index is 0.263. The standard InChI is InChI=1S/C28H26N2O4/c1-13-5-7-17(11-15(13)3)29-25(31)21-19-9-10-20(22(21)26(29)32)24-23(19)27(33)30(28(24)34)18-8-6-14(2)16(4)12-18/h5-12,19-24H,1-4H3/t19?,20?,21-,22-,23-,24-/m1/s1. The van der Waals surface area contributed by atoms with Gasteiger partial charge in [0.2, 0.25) is 23.6 Å². The van der Waals surface area contributed by atoms with Crippen LogP contribution in [0.1, 0.15) is 22.3 Å². The molecule has 2 aromatic rings. The number of hydrogen-bond donors (Lipinski definition) is 0. The van der Waals surface area contributed by atoms with Crippen LogP contribution in [0.2, 0.25) is 0 Å². The van der Waals surface area contributed by atoms with Crippen LogP contribution >= 0.6 is 0 Å². The van der Waals surface area contributed by atoms with E-state index in [1.165, 1.54) is 9.80 Å². The normalized spacial score (nSPS) is 31.5. The Bertz CT molecular complexity index is 1200. The Kier molecular flexibility index (Phi) is 4.32. The van der Waals surface area contributed by atoms with Crippen LogP contribution in [0.3, 0.4) is 0 Å². The van der Waals surface area contributed by atoms with Gasteiger partial charge in [0.25, 0.3) is 0 Å². The van der Waals surface area contributed by atoms with E-state index < -0.39 is 35.5 Å². The van der Waals surface area contributed by atoms with Crippen molar-refractivity contribution >= 4 is 35.0 Å². The van der Waals surface area contributed by atoms with E-state index >= 15 is 0 Å².